The summed E-state index contributed by atoms with van der Waals surface area (Å²) in [6, 6.07) is 8.55. The number of carboxylic acid groups (broad SMARTS) is 2. The van der Waals surface area contributed by atoms with Crippen LogP contribution >= 0.6 is 0 Å². The molecule has 0 fully saturated rings. The highest BCUT2D eigenvalue weighted by Crippen LogP contribution is 2.48. The summed E-state index contributed by atoms with van der Waals surface area (Å²) in [5, 5.41) is 26.8. The summed E-state index contributed by atoms with van der Waals surface area (Å²) < 4.78 is 6.13. The summed E-state index contributed by atoms with van der Waals surface area (Å²) >= 11 is 0. The monoisotopic (exact) mass is 496 g/mol. The van der Waals surface area contributed by atoms with Gasteiger partial charge >= 0.3 is 11.9 Å². The lowest BCUT2D eigenvalue weighted by atomic mass is 9.79. The van der Waals surface area contributed by atoms with Crippen molar-refractivity contribution in [2.24, 2.45) is 0 Å². The molecule has 1 heterocycles. The van der Waals surface area contributed by atoms with E-state index in [2.05, 4.69) is 52.2 Å². The maximum Gasteiger partial charge on any atom is 0.336 e. The number of aromatic carboxylic acids is 2. The molecule has 0 saturated heterocycles. The van der Waals surface area contributed by atoms with Crippen molar-refractivity contribution in [3.63, 3.8) is 0 Å². The molecule has 4 N–H and O–H groups in total. The molecule has 2 aromatic carbocycles. The van der Waals surface area contributed by atoms with Crippen molar-refractivity contribution in [2.45, 2.75) is 84.2 Å². The summed E-state index contributed by atoms with van der Waals surface area (Å²) in [7, 11) is 0. The molecule has 1 unspecified atom stereocenters. The number of nitrogens with one attached hydrogen (secondary N) is 2. The number of hydrogen-bond donors (Lipinski definition) is 4. The zero-order chi connectivity index (χ0) is 26.7. The molecule has 0 aliphatic carbocycles. The van der Waals surface area contributed by atoms with Crippen LogP contribution in [0.25, 0.3) is 0 Å². The second kappa shape index (κ2) is 11.0. The normalized spacial score (nSPS) is 15.1. The van der Waals surface area contributed by atoms with Gasteiger partial charge in [-0.25, -0.2) is 9.59 Å². The Hall–Kier alpha value is -2.90. The van der Waals surface area contributed by atoms with Gasteiger partial charge in [0.25, 0.3) is 0 Å². The molecule has 196 valence electrons. The Balaban J connectivity index is 1.99. The van der Waals surface area contributed by atoms with Crippen molar-refractivity contribution in [1.82, 2.24) is 10.6 Å². The number of aryl methyl sites for hydroxylation is 1. The van der Waals surface area contributed by atoms with Gasteiger partial charge in [-0.1, -0.05) is 6.07 Å². The van der Waals surface area contributed by atoms with E-state index in [1.54, 1.807) is 12.1 Å². The number of fused-ring (bicyclic) bond motifs is 2. The van der Waals surface area contributed by atoms with E-state index in [0.717, 1.165) is 37.1 Å². The van der Waals surface area contributed by atoms with Crippen LogP contribution in [0.4, 0.5) is 0 Å². The van der Waals surface area contributed by atoms with Crippen LogP contribution in [0.1, 0.15) is 104 Å². The Bertz CT molecular complexity index is 1110. The standard InChI is InChI=1S/C29H40N2O5/c1-28(2,3)30-15-7-9-18-11-14-23-25(24(18)27(34)35)20(10-8-16-31-29(4,5)6)21-17-19(26(32)33)12-13-22(21)36-23/h11-14,17,20,30-31H,7-10,15-16H2,1-6H3,(H,32,33)(H,34,35). The van der Waals surface area contributed by atoms with E-state index in [9.17, 15) is 19.8 Å². The first-order chi connectivity index (χ1) is 16.8. The number of rotatable bonds is 10. The van der Waals surface area contributed by atoms with E-state index < -0.39 is 11.9 Å². The van der Waals surface area contributed by atoms with Crippen LogP contribution in [0.3, 0.4) is 0 Å². The molecule has 0 spiro atoms. The minimum Gasteiger partial charge on any atom is -0.478 e. The highest BCUT2D eigenvalue weighted by molar-refractivity contribution is 5.93. The first-order valence-electron chi connectivity index (χ1n) is 12.7. The Morgan fingerprint density at radius 2 is 1.47 bits per heavy atom. The topological polar surface area (TPSA) is 108 Å². The fourth-order valence-corrected chi connectivity index (χ4v) is 4.67. The smallest absolute Gasteiger partial charge is 0.336 e. The van der Waals surface area contributed by atoms with Crippen molar-refractivity contribution >= 4 is 11.9 Å². The second-order valence-electron chi connectivity index (χ2n) is 11.6. The molecule has 3 rings (SSSR count). The lowest BCUT2D eigenvalue weighted by Crippen LogP contribution is -2.36. The number of benzene rings is 2. The first kappa shape index (κ1) is 27.7. The molecule has 36 heavy (non-hydrogen) atoms. The lowest BCUT2D eigenvalue weighted by Gasteiger charge is -2.31. The Morgan fingerprint density at radius 3 is 2.06 bits per heavy atom. The molecule has 0 radical (unpaired) electrons. The Labute approximate surface area is 214 Å². The Morgan fingerprint density at radius 1 is 0.861 bits per heavy atom. The molecule has 7 heteroatoms. The van der Waals surface area contributed by atoms with Crippen LogP contribution in [0.2, 0.25) is 0 Å². The minimum atomic E-state index is -1.02. The largest absolute Gasteiger partial charge is 0.478 e. The van der Waals surface area contributed by atoms with Crippen molar-refractivity contribution in [3.05, 3.63) is 58.1 Å². The fraction of sp³-hybridized carbons (Fsp3) is 0.517. The van der Waals surface area contributed by atoms with Crippen LogP contribution in [0.15, 0.2) is 30.3 Å². The second-order valence-corrected chi connectivity index (χ2v) is 11.6. The summed E-state index contributed by atoms with van der Waals surface area (Å²) in [5.74, 6) is -1.16. The fourth-order valence-electron chi connectivity index (χ4n) is 4.67. The van der Waals surface area contributed by atoms with Gasteiger partial charge in [0.2, 0.25) is 0 Å². The molecule has 0 aromatic heterocycles. The molecule has 0 saturated carbocycles. The van der Waals surface area contributed by atoms with Gasteiger partial charge in [-0.3, -0.25) is 0 Å². The van der Waals surface area contributed by atoms with E-state index >= 15 is 0 Å². The van der Waals surface area contributed by atoms with Crippen molar-refractivity contribution < 1.29 is 24.5 Å². The Kier molecular flexibility index (Phi) is 8.47. The van der Waals surface area contributed by atoms with Crippen molar-refractivity contribution in [1.29, 1.82) is 0 Å². The van der Waals surface area contributed by atoms with Crippen LogP contribution in [-0.2, 0) is 6.42 Å². The van der Waals surface area contributed by atoms with E-state index in [4.69, 9.17) is 4.74 Å². The molecule has 0 bridgehead atoms. The van der Waals surface area contributed by atoms with Gasteiger partial charge in [-0.05, 0) is 110 Å². The summed E-state index contributed by atoms with van der Waals surface area (Å²) in [6.45, 7) is 14.2. The molecule has 1 aliphatic rings. The average Bonchev–Trinajstić information content (AvgIpc) is 2.76. The number of hydrogen-bond acceptors (Lipinski definition) is 5. The lowest BCUT2D eigenvalue weighted by molar-refractivity contribution is 0.0683. The van der Waals surface area contributed by atoms with Gasteiger partial charge in [0.1, 0.15) is 11.5 Å². The number of carboxylic acids is 2. The van der Waals surface area contributed by atoms with Gasteiger partial charge in [0, 0.05) is 28.1 Å². The third-order valence-electron chi connectivity index (χ3n) is 6.31. The molecule has 0 amide bonds. The maximum absolute atomic E-state index is 12.6. The third-order valence-corrected chi connectivity index (χ3v) is 6.31. The molecule has 1 atom stereocenters. The van der Waals surface area contributed by atoms with Crippen molar-refractivity contribution in [3.8, 4) is 11.5 Å². The van der Waals surface area contributed by atoms with E-state index in [-0.39, 0.29) is 28.1 Å². The van der Waals surface area contributed by atoms with Gasteiger partial charge < -0.3 is 25.6 Å². The number of ether oxygens (including phenoxy) is 1. The highest BCUT2D eigenvalue weighted by Gasteiger charge is 2.33. The maximum atomic E-state index is 12.6. The zero-order valence-corrected chi connectivity index (χ0v) is 22.3. The molecule has 2 aromatic rings. The molecular weight excluding hydrogens is 456 g/mol. The average molecular weight is 497 g/mol. The van der Waals surface area contributed by atoms with Crippen molar-refractivity contribution in [2.75, 3.05) is 13.1 Å². The van der Waals surface area contributed by atoms with E-state index in [0.29, 0.717) is 29.9 Å². The van der Waals surface area contributed by atoms with Crippen LogP contribution in [-0.4, -0.2) is 46.3 Å². The predicted molar refractivity (Wildman–Crippen MR) is 142 cm³/mol. The summed E-state index contributed by atoms with van der Waals surface area (Å²) in [6.07, 6.45) is 2.90. The molecular formula is C29H40N2O5. The van der Waals surface area contributed by atoms with E-state index in [1.807, 2.05) is 12.1 Å². The van der Waals surface area contributed by atoms with Gasteiger partial charge in [0.05, 0.1) is 11.1 Å². The van der Waals surface area contributed by atoms with Gasteiger partial charge in [0.15, 0.2) is 0 Å². The SMILES string of the molecule is CC(C)(C)NCCCc1ccc2c(c1C(=O)O)C(CCCNC(C)(C)C)c1cc(C(=O)O)ccc1O2. The predicted octanol–water partition coefficient (Wildman–Crippen LogP) is 5.81. The van der Waals surface area contributed by atoms with Crippen LogP contribution in [0.5, 0.6) is 11.5 Å². The summed E-state index contributed by atoms with van der Waals surface area (Å²) in [4.78, 5) is 24.3. The van der Waals surface area contributed by atoms with Gasteiger partial charge in [-0.15, -0.1) is 0 Å². The third kappa shape index (κ3) is 7.08. The highest BCUT2D eigenvalue weighted by atomic mass is 16.5. The minimum absolute atomic E-state index is 0.00291. The zero-order valence-electron chi connectivity index (χ0n) is 22.3. The van der Waals surface area contributed by atoms with Crippen LogP contribution < -0.4 is 15.4 Å². The quantitative estimate of drug-likeness (QED) is 0.307. The first-order valence-corrected chi connectivity index (χ1v) is 12.7. The summed E-state index contributed by atoms with van der Waals surface area (Å²) in [5.41, 5.74) is 2.57. The molecule has 7 nitrogen and oxygen atoms in total. The van der Waals surface area contributed by atoms with Gasteiger partial charge in [-0.2, -0.15) is 0 Å². The number of carbonyl (C=O) groups is 2. The van der Waals surface area contributed by atoms with Crippen LogP contribution in [0, 0.1) is 0 Å². The van der Waals surface area contributed by atoms with E-state index in [1.165, 1.54) is 6.07 Å². The molecule has 1 aliphatic heterocycles.